The van der Waals surface area contributed by atoms with Gasteiger partial charge in [-0.2, -0.15) is 0 Å². The zero-order valence-electron chi connectivity index (χ0n) is 12.9. The van der Waals surface area contributed by atoms with Crippen molar-refractivity contribution in [3.05, 3.63) is 30.4 Å². The molecule has 0 radical (unpaired) electrons. The van der Waals surface area contributed by atoms with Crippen LogP contribution < -0.4 is 5.32 Å². The summed E-state index contributed by atoms with van der Waals surface area (Å²) < 4.78 is 2.03. The highest BCUT2D eigenvalue weighted by atomic mass is 16.2. The number of rotatable bonds is 6. The molecule has 1 heterocycles. The van der Waals surface area contributed by atoms with Crippen molar-refractivity contribution in [3.8, 4) is 0 Å². The van der Waals surface area contributed by atoms with Crippen molar-refractivity contribution in [1.82, 2.24) is 14.9 Å². The third-order valence-electron chi connectivity index (χ3n) is 4.16. The maximum Gasteiger partial charge on any atom is 0.224 e. The Morgan fingerprint density at radius 1 is 1.45 bits per heavy atom. The molecule has 4 heteroatoms. The van der Waals surface area contributed by atoms with E-state index in [-0.39, 0.29) is 17.2 Å². The highest BCUT2D eigenvalue weighted by Gasteiger charge is 2.60. The Balaban J connectivity index is 1.74. The molecule has 1 amide bonds. The van der Waals surface area contributed by atoms with Gasteiger partial charge in [0.25, 0.3) is 0 Å². The van der Waals surface area contributed by atoms with Crippen LogP contribution in [-0.4, -0.2) is 22.0 Å². The van der Waals surface area contributed by atoms with Gasteiger partial charge in [0.1, 0.15) is 0 Å². The molecular weight excluding hydrogens is 250 g/mol. The minimum absolute atomic E-state index is 0.103. The molecule has 0 aromatic carbocycles. The Morgan fingerprint density at radius 3 is 2.80 bits per heavy atom. The first-order valence-corrected chi connectivity index (χ1v) is 7.31. The summed E-state index contributed by atoms with van der Waals surface area (Å²) in [4.78, 5) is 16.2. The van der Waals surface area contributed by atoms with Gasteiger partial charge in [-0.05, 0) is 31.6 Å². The lowest BCUT2D eigenvalue weighted by atomic mass is 10.1. The van der Waals surface area contributed by atoms with Gasteiger partial charge in [0.05, 0.1) is 12.2 Å². The van der Waals surface area contributed by atoms with Gasteiger partial charge in [0, 0.05) is 25.5 Å². The fourth-order valence-corrected chi connectivity index (χ4v) is 2.85. The van der Waals surface area contributed by atoms with Crippen molar-refractivity contribution in [1.29, 1.82) is 0 Å². The van der Waals surface area contributed by atoms with Crippen molar-refractivity contribution in [3.63, 3.8) is 0 Å². The van der Waals surface area contributed by atoms with Crippen LogP contribution in [0.1, 0.15) is 34.1 Å². The van der Waals surface area contributed by atoms with Gasteiger partial charge in [-0.15, -0.1) is 0 Å². The number of carbonyl (C=O) groups excluding carboxylic acids is 1. The second-order valence-electron chi connectivity index (χ2n) is 6.51. The molecule has 1 aliphatic carbocycles. The minimum Gasteiger partial charge on any atom is -0.356 e. The lowest BCUT2D eigenvalue weighted by Crippen LogP contribution is -2.28. The molecule has 1 N–H and O–H groups in total. The van der Waals surface area contributed by atoms with Crippen molar-refractivity contribution >= 4 is 5.91 Å². The normalized spacial score (nSPS) is 23.2. The molecule has 1 fully saturated rings. The van der Waals surface area contributed by atoms with Crippen LogP contribution in [0.25, 0.3) is 0 Å². The molecule has 1 aliphatic rings. The van der Waals surface area contributed by atoms with E-state index in [0.717, 1.165) is 19.5 Å². The summed E-state index contributed by atoms with van der Waals surface area (Å²) in [6, 6.07) is 0. The average Bonchev–Trinajstić information content (AvgIpc) is 2.77. The predicted octanol–water partition coefficient (Wildman–Crippen LogP) is 2.63. The lowest BCUT2D eigenvalue weighted by molar-refractivity contribution is -0.123. The SMILES string of the molecule is CC(C)=C[C@@H]1[C@H](C(=O)NCCCn2ccnc2)C1(C)C. The lowest BCUT2D eigenvalue weighted by Gasteiger charge is -2.06. The maximum absolute atomic E-state index is 12.2. The molecule has 2 rings (SSSR count). The van der Waals surface area contributed by atoms with E-state index in [9.17, 15) is 4.79 Å². The Hall–Kier alpha value is -1.58. The number of aromatic nitrogens is 2. The van der Waals surface area contributed by atoms with Crippen LogP contribution in [0.15, 0.2) is 30.4 Å². The molecule has 0 spiro atoms. The van der Waals surface area contributed by atoms with Crippen LogP contribution in [0.2, 0.25) is 0 Å². The van der Waals surface area contributed by atoms with E-state index in [1.54, 1.807) is 12.5 Å². The summed E-state index contributed by atoms with van der Waals surface area (Å²) in [5.74, 6) is 0.718. The van der Waals surface area contributed by atoms with Crippen LogP contribution in [0, 0.1) is 17.3 Å². The largest absolute Gasteiger partial charge is 0.356 e. The van der Waals surface area contributed by atoms with Crippen molar-refractivity contribution in [2.24, 2.45) is 17.3 Å². The zero-order valence-corrected chi connectivity index (χ0v) is 12.9. The first-order valence-electron chi connectivity index (χ1n) is 7.31. The van der Waals surface area contributed by atoms with E-state index >= 15 is 0 Å². The van der Waals surface area contributed by atoms with Gasteiger partial charge in [-0.3, -0.25) is 4.79 Å². The number of carbonyl (C=O) groups is 1. The summed E-state index contributed by atoms with van der Waals surface area (Å²) >= 11 is 0. The third kappa shape index (κ3) is 3.30. The smallest absolute Gasteiger partial charge is 0.224 e. The Bertz CT molecular complexity index is 484. The van der Waals surface area contributed by atoms with Gasteiger partial charge >= 0.3 is 0 Å². The van der Waals surface area contributed by atoms with Crippen LogP contribution in [0.5, 0.6) is 0 Å². The van der Waals surface area contributed by atoms with Crippen molar-refractivity contribution in [2.75, 3.05) is 6.54 Å². The number of nitrogens with zero attached hydrogens (tertiary/aromatic N) is 2. The number of hydrogen-bond acceptors (Lipinski definition) is 2. The van der Waals surface area contributed by atoms with Gasteiger partial charge in [-0.25, -0.2) is 4.98 Å². The van der Waals surface area contributed by atoms with Crippen LogP contribution in [0.4, 0.5) is 0 Å². The molecule has 20 heavy (non-hydrogen) atoms. The molecule has 4 nitrogen and oxygen atoms in total. The Morgan fingerprint density at radius 2 is 2.20 bits per heavy atom. The molecule has 0 saturated heterocycles. The summed E-state index contributed by atoms with van der Waals surface area (Å²) in [6.45, 7) is 10.2. The van der Waals surface area contributed by atoms with E-state index in [4.69, 9.17) is 0 Å². The second-order valence-corrected chi connectivity index (χ2v) is 6.51. The molecule has 0 aliphatic heterocycles. The maximum atomic E-state index is 12.2. The summed E-state index contributed by atoms with van der Waals surface area (Å²) in [5.41, 5.74) is 1.39. The standard InChI is InChI=1S/C16H25N3O/c1-12(2)10-13-14(16(13,3)4)15(20)18-6-5-8-19-9-7-17-11-19/h7,9-11,13-14H,5-6,8H2,1-4H3,(H,18,20)/t13-,14-/m1/s1. The molecule has 0 bridgehead atoms. The number of amides is 1. The van der Waals surface area contributed by atoms with Gasteiger partial charge in [0.2, 0.25) is 5.91 Å². The monoisotopic (exact) mass is 275 g/mol. The zero-order chi connectivity index (χ0) is 14.8. The van der Waals surface area contributed by atoms with E-state index < -0.39 is 0 Å². The fourth-order valence-electron chi connectivity index (χ4n) is 2.85. The predicted molar refractivity (Wildman–Crippen MR) is 80.0 cm³/mol. The molecule has 1 aromatic heterocycles. The van der Waals surface area contributed by atoms with E-state index in [2.05, 4.69) is 44.1 Å². The fraction of sp³-hybridized carbons (Fsp3) is 0.625. The Labute approximate surface area is 121 Å². The minimum atomic E-state index is 0.103. The number of hydrogen-bond donors (Lipinski definition) is 1. The molecular formula is C16H25N3O. The number of allylic oxidation sites excluding steroid dienone is 2. The van der Waals surface area contributed by atoms with Crippen molar-refractivity contribution in [2.45, 2.75) is 40.7 Å². The molecule has 110 valence electrons. The van der Waals surface area contributed by atoms with Crippen LogP contribution in [-0.2, 0) is 11.3 Å². The molecule has 1 aromatic rings. The highest BCUT2D eigenvalue weighted by molar-refractivity contribution is 5.83. The summed E-state index contributed by atoms with van der Waals surface area (Å²) in [7, 11) is 0. The van der Waals surface area contributed by atoms with Crippen LogP contribution >= 0.6 is 0 Å². The van der Waals surface area contributed by atoms with Gasteiger partial charge in [-0.1, -0.05) is 25.5 Å². The quantitative estimate of drug-likeness (QED) is 0.641. The van der Waals surface area contributed by atoms with Gasteiger partial charge < -0.3 is 9.88 Å². The number of aryl methyl sites for hydroxylation is 1. The number of nitrogens with one attached hydrogen (secondary N) is 1. The van der Waals surface area contributed by atoms with E-state index in [1.807, 2.05) is 10.8 Å². The molecule has 2 atom stereocenters. The molecule has 0 unspecified atom stereocenters. The number of imidazole rings is 1. The Kier molecular flexibility index (Phi) is 4.31. The first kappa shape index (κ1) is 14.8. The summed E-state index contributed by atoms with van der Waals surface area (Å²) in [6.07, 6.45) is 8.68. The highest BCUT2D eigenvalue weighted by Crippen LogP contribution is 2.59. The average molecular weight is 275 g/mol. The topological polar surface area (TPSA) is 46.9 Å². The summed E-state index contributed by atoms with van der Waals surface area (Å²) in [5, 5.41) is 3.06. The first-order chi connectivity index (χ1) is 9.43. The van der Waals surface area contributed by atoms with Gasteiger partial charge in [0.15, 0.2) is 0 Å². The second kappa shape index (κ2) is 5.81. The third-order valence-corrected chi connectivity index (χ3v) is 4.16. The van der Waals surface area contributed by atoms with E-state index in [1.165, 1.54) is 5.57 Å². The van der Waals surface area contributed by atoms with E-state index in [0.29, 0.717) is 5.92 Å². The van der Waals surface area contributed by atoms with Crippen molar-refractivity contribution < 1.29 is 4.79 Å². The van der Waals surface area contributed by atoms with Crippen LogP contribution in [0.3, 0.4) is 0 Å². The molecule has 1 saturated carbocycles.